The highest BCUT2D eigenvalue weighted by molar-refractivity contribution is 5.80. The highest BCUT2D eigenvalue weighted by Gasteiger charge is 2.44. The van der Waals surface area contributed by atoms with Crippen molar-refractivity contribution in [1.29, 1.82) is 0 Å². The number of aliphatic carboxylic acids is 1. The third-order valence-corrected chi connectivity index (χ3v) is 2.83. The number of carboxylic acids is 1. The van der Waals surface area contributed by atoms with Crippen LogP contribution in [0, 0.1) is 5.41 Å². The summed E-state index contributed by atoms with van der Waals surface area (Å²) in [6, 6.07) is 0. The maximum atomic E-state index is 11.2. The largest absolute Gasteiger partial charge is 0.481 e. The molecule has 1 aliphatic carbocycles. The summed E-state index contributed by atoms with van der Waals surface area (Å²) in [5.74, 6) is -1.06. The number of ether oxygens (including phenoxy) is 1. The van der Waals surface area contributed by atoms with Gasteiger partial charge in [0, 0.05) is 13.2 Å². The lowest BCUT2D eigenvalue weighted by Gasteiger charge is -2.37. The van der Waals surface area contributed by atoms with Crippen LogP contribution in [0.2, 0.25) is 0 Å². The van der Waals surface area contributed by atoms with E-state index in [4.69, 9.17) is 9.84 Å². The molecule has 0 saturated heterocycles. The molecule has 0 bridgehead atoms. The quantitative estimate of drug-likeness (QED) is 0.672. The van der Waals surface area contributed by atoms with Crippen molar-refractivity contribution < 1.29 is 19.4 Å². The zero-order valence-corrected chi connectivity index (χ0v) is 8.91. The van der Waals surface area contributed by atoms with Gasteiger partial charge < -0.3 is 15.2 Å². The molecule has 5 heteroatoms. The van der Waals surface area contributed by atoms with Crippen molar-refractivity contribution in [3.05, 3.63) is 0 Å². The molecule has 2 N–H and O–H groups in total. The predicted molar refractivity (Wildman–Crippen MR) is 53.4 cm³/mol. The van der Waals surface area contributed by atoms with Gasteiger partial charge in [0.25, 0.3) is 0 Å². The fourth-order valence-corrected chi connectivity index (χ4v) is 1.58. The van der Waals surface area contributed by atoms with Gasteiger partial charge in [-0.3, -0.25) is 9.59 Å². The summed E-state index contributed by atoms with van der Waals surface area (Å²) in [5, 5.41) is 11.6. The van der Waals surface area contributed by atoms with Crippen LogP contribution >= 0.6 is 0 Å². The lowest BCUT2D eigenvalue weighted by molar-refractivity contribution is -0.154. The van der Waals surface area contributed by atoms with E-state index < -0.39 is 11.4 Å². The van der Waals surface area contributed by atoms with Gasteiger partial charge in [0.1, 0.15) is 6.61 Å². The van der Waals surface area contributed by atoms with Gasteiger partial charge in [0.15, 0.2) is 0 Å². The third-order valence-electron chi connectivity index (χ3n) is 2.83. The predicted octanol–water partition coefficient (Wildman–Crippen LogP) is 0.394. The maximum absolute atomic E-state index is 11.2. The van der Waals surface area contributed by atoms with Crippen molar-refractivity contribution in [2.75, 3.05) is 19.8 Å². The normalized spacial score (nSPS) is 17.9. The molecule has 0 aromatic carbocycles. The van der Waals surface area contributed by atoms with Crippen molar-refractivity contribution in [1.82, 2.24) is 5.32 Å². The third kappa shape index (κ3) is 2.92. The minimum absolute atomic E-state index is 0.00615. The molecular weight excluding hydrogens is 198 g/mol. The minimum Gasteiger partial charge on any atom is -0.481 e. The molecule has 1 fully saturated rings. The van der Waals surface area contributed by atoms with Crippen LogP contribution in [0.1, 0.15) is 26.2 Å². The van der Waals surface area contributed by atoms with Crippen LogP contribution in [0.5, 0.6) is 0 Å². The molecule has 0 heterocycles. The molecule has 0 spiro atoms. The van der Waals surface area contributed by atoms with Gasteiger partial charge in [-0.05, 0) is 19.8 Å². The second-order valence-corrected chi connectivity index (χ2v) is 3.85. The summed E-state index contributed by atoms with van der Waals surface area (Å²) >= 11 is 0. The van der Waals surface area contributed by atoms with Crippen molar-refractivity contribution in [2.24, 2.45) is 5.41 Å². The number of amides is 1. The lowest BCUT2D eigenvalue weighted by atomic mass is 9.69. The molecule has 1 saturated carbocycles. The first kappa shape index (κ1) is 12.0. The van der Waals surface area contributed by atoms with Gasteiger partial charge in [-0.25, -0.2) is 0 Å². The van der Waals surface area contributed by atoms with Gasteiger partial charge in [-0.1, -0.05) is 6.42 Å². The zero-order valence-electron chi connectivity index (χ0n) is 8.91. The van der Waals surface area contributed by atoms with Crippen LogP contribution in [0.3, 0.4) is 0 Å². The SMILES string of the molecule is CCOCC(=O)NCC1(C(=O)O)CCC1. The summed E-state index contributed by atoms with van der Waals surface area (Å²) in [7, 11) is 0. The van der Waals surface area contributed by atoms with Crippen LogP contribution in [-0.2, 0) is 14.3 Å². The molecule has 0 aliphatic heterocycles. The number of carbonyl (C=O) groups excluding carboxylic acids is 1. The smallest absolute Gasteiger partial charge is 0.311 e. The first-order valence-electron chi connectivity index (χ1n) is 5.18. The van der Waals surface area contributed by atoms with E-state index in [1.54, 1.807) is 6.92 Å². The van der Waals surface area contributed by atoms with E-state index >= 15 is 0 Å². The van der Waals surface area contributed by atoms with Crippen LogP contribution in [0.25, 0.3) is 0 Å². The first-order valence-corrected chi connectivity index (χ1v) is 5.18. The molecular formula is C10H17NO4. The Hall–Kier alpha value is -1.10. The number of rotatable bonds is 6. The second kappa shape index (κ2) is 5.11. The van der Waals surface area contributed by atoms with E-state index in [1.165, 1.54) is 0 Å². The van der Waals surface area contributed by atoms with Gasteiger partial charge in [0.05, 0.1) is 5.41 Å². The van der Waals surface area contributed by atoms with E-state index in [2.05, 4.69) is 5.32 Å². The molecule has 15 heavy (non-hydrogen) atoms. The molecule has 0 atom stereocenters. The van der Waals surface area contributed by atoms with Crippen molar-refractivity contribution >= 4 is 11.9 Å². The Kier molecular flexibility index (Phi) is 4.08. The number of hydrogen-bond donors (Lipinski definition) is 2. The molecule has 0 unspecified atom stereocenters. The molecule has 0 aromatic heterocycles. The zero-order chi connectivity index (χ0) is 11.3. The second-order valence-electron chi connectivity index (χ2n) is 3.85. The fraction of sp³-hybridized carbons (Fsp3) is 0.800. The van der Waals surface area contributed by atoms with E-state index in [-0.39, 0.29) is 19.1 Å². The van der Waals surface area contributed by atoms with Crippen molar-refractivity contribution in [2.45, 2.75) is 26.2 Å². The van der Waals surface area contributed by atoms with Gasteiger partial charge >= 0.3 is 5.97 Å². The number of carboxylic acid groups (broad SMARTS) is 1. The van der Waals surface area contributed by atoms with Gasteiger partial charge in [-0.15, -0.1) is 0 Å². The van der Waals surface area contributed by atoms with E-state index in [0.717, 1.165) is 6.42 Å². The highest BCUT2D eigenvalue weighted by atomic mass is 16.5. The molecule has 86 valence electrons. The molecule has 1 aliphatic rings. The van der Waals surface area contributed by atoms with Crippen LogP contribution < -0.4 is 5.32 Å². The Morgan fingerprint density at radius 2 is 2.13 bits per heavy atom. The summed E-state index contributed by atoms with van der Waals surface area (Å²) in [5.41, 5.74) is -0.720. The molecule has 1 rings (SSSR count). The molecule has 5 nitrogen and oxygen atoms in total. The Morgan fingerprint density at radius 3 is 2.53 bits per heavy atom. The monoisotopic (exact) mass is 215 g/mol. The van der Waals surface area contributed by atoms with E-state index in [1.807, 2.05) is 0 Å². The topological polar surface area (TPSA) is 75.6 Å². The lowest BCUT2D eigenvalue weighted by Crippen LogP contribution is -2.48. The summed E-state index contributed by atoms with van der Waals surface area (Å²) < 4.78 is 4.91. The Bertz CT molecular complexity index is 248. The van der Waals surface area contributed by atoms with Crippen LogP contribution in [-0.4, -0.2) is 36.7 Å². The summed E-state index contributed by atoms with van der Waals surface area (Å²) in [6.07, 6.45) is 2.22. The van der Waals surface area contributed by atoms with E-state index in [0.29, 0.717) is 19.4 Å². The number of hydrogen-bond acceptors (Lipinski definition) is 3. The van der Waals surface area contributed by atoms with Crippen molar-refractivity contribution in [3.63, 3.8) is 0 Å². The minimum atomic E-state index is -0.814. The average molecular weight is 215 g/mol. The molecule has 0 radical (unpaired) electrons. The average Bonchev–Trinajstić information content (AvgIpc) is 2.12. The Balaban J connectivity index is 2.29. The molecule has 1 amide bonds. The standard InChI is InChI=1S/C10H17NO4/c1-2-15-6-8(12)11-7-10(9(13)14)4-3-5-10/h2-7H2,1H3,(H,11,12)(H,13,14). The van der Waals surface area contributed by atoms with E-state index in [9.17, 15) is 9.59 Å². The Labute approximate surface area is 88.8 Å². The number of carbonyl (C=O) groups is 2. The summed E-state index contributed by atoms with van der Waals surface area (Å²) in [4.78, 5) is 22.1. The maximum Gasteiger partial charge on any atom is 0.311 e. The summed E-state index contributed by atoms with van der Waals surface area (Å²) in [6.45, 7) is 2.51. The highest BCUT2D eigenvalue weighted by Crippen LogP contribution is 2.40. The van der Waals surface area contributed by atoms with Crippen LogP contribution in [0.15, 0.2) is 0 Å². The number of nitrogens with one attached hydrogen (secondary N) is 1. The van der Waals surface area contributed by atoms with Gasteiger partial charge in [0.2, 0.25) is 5.91 Å². The fourth-order valence-electron chi connectivity index (χ4n) is 1.58. The van der Waals surface area contributed by atoms with Gasteiger partial charge in [-0.2, -0.15) is 0 Å². The first-order chi connectivity index (χ1) is 7.10. The van der Waals surface area contributed by atoms with Crippen molar-refractivity contribution in [3.8, 4) is 0 Å². The Morgan fingerprint density at radius 1 is 1.47 bits per heavy atom. The molecule has 0 aromatic rings. The van der Waals surface area contributed by atoms with Crippen LogP contribution in [0.4, 0.5) is 0 Å².